The van der Waals surface area contributed by atoms with Gasteiger partial charge in [0.25, 0.3) is 5.91 Å². The number of hydrogen-bond donors (Lipinski definition) is 6. The molecular weight excluding hydrogens is 484 g/mol. The molecular formula is C24H26N6O7. The number of amides is 3. The second-order valence-electron chi connectivity index (χ2n) is 7.43. The number of carboxylic acids is 1. The molecule has 1 aromatic heterocycles. The van der Waals surface area contributed by atoms with Crippen molar-refractivity contribution in [3.63, 3.8) is 0 Å². The van der Waals surface area contributed by atoms with Gasteiger partial charge in [-0.3, -0.25) is 4.79 Å². The van der Waals surface area contributed by atoms with Gasteiger partial charge in [-0.05, 0) is 30.3 Å². The molecule has 2 aromatic carbocycles. The first-order chi connectivity index (χ1) is 17.9. The quantitative estimate of drug-likeness (QED) is 0.196. The summed E-state index contributed by atoms with van der Waals surface area (Å²) in [5.74, 6) is -1.29. The third-order valence-corrected chi connectivity index (χ3v) is 4.86. The lowest BCUT2D eigenvalue weighted by atomic mass is 10.1. The smallest absolute Gasteiger partial charge is 0.328 e. The number of phenols is 1. The van der Waals surface area contributed by atoms with E-state index in [-0.39, 0.29) is 17.9 Å². The van der Waals surface area contributed by atoms with E-state index in [1.165, 1.54) is 25.3 Å². The molecule has 0 aliphatic rings. The molecule has 0 saturated heterocycles. The Hall–Kier alpha value is -5.07. The third-order valence-electron chi connectivity index (χ3n) is 4.86. The first kappa shape index (κ1) is 26.5. The molecule has 6 N–H and O–H groups in total. The minimum Gasteiger partial charge on any atom is -0.507 e. The fourth-order valence-corrected chi connectivity index (χ4v) is 3.07. The molecule has 0 bridgehead atoms. The summed E-state index contributed by atoms with van der Waals surface area (Å²) in [5.41, 5.74) is 0.248. The molecule has 0 unspecified atom stereocenters. The van der Waals surface area contributed by atoms with Crippen molar-refractivity contribution in [3.05, 3.63) is 66.5 Å². The molecule has 1 heterocycles. The number of carboxylic acid groups (broad SMARTS) is 1. The number of phenolic OH excluding ortho intramolecular Hbond substituents is 1. The molecule has 0 aliphatic carbocycles. The molecule has 13 nitrogen and oxygen atoms in total. The van der Waals surface area contributed by atoms with Crippen LogP contribution in [0.15, 0.2) is 60.9 Å². The summed E-state index contributed by atoms with van der Waals surface area (Å²) >= 11 is 0. The van der Waals surface area contributed by atoms with Crippen LogP contribution in [0.5, 0.6) is 17.2 Å². The van der Waals surface area contributed by atoms with Crippen LogP contribution in [0.1, 0.15) is 10.4 Å². The Morgan fingerprint density at radius 3 is 2.51 bits per heavy atom. The van der Waals surface area contributed by atoms with E-state index in [0.29, 0.717) is 29.7 Å². The molecule has 0 aliphatic heterocycles. The number of carbonyl (C=O) groups is 3. The number of aromatic nitrogens is 2. The van der Waals surface area contributed by atoms with Crippen LogP contribution in [0.3, 0.4) is 0 Å². The number of carbonyl (C=O) groups excluding carboxylic acids is 2. The van der Waals surface area contributed by atoms with Gasteiger partial charge in [0.05, 0.1) is 24.9 Å². The van der Waals surface area contributed by atoms with Crippen LogP contribution in [0.25, 0.3) is 0 Å². The first-order valence-corrected chi connectivity index (χ1v) is 11.1. The van der Waals surface area contributed by atoms with E-state index in [1.807, 2.05) is 0 Å². The molecule has 13 heteroatoms. The zero-order chi connectivity index (χ0) is 26.6. The fourth-order valence-electron chi connectivity index (χ4n) is 3.07. The molecule has 37 heavy (non-hydrogen) atoms. The number of hydrogen-bond acceptors (Lipinski definition) is 9. The van der Waals surface area contributed by atoms with Crippen molar-refractivity contribution in [2.45, 2.75) is 6.04 Å². The van der Waals surface area contributed by atoms with Crippen molar-refractivity contribution in [2.24, 2.45) is 0 Å². The molecule has 3 amide bonds. The lowest BCUT2D eigenvalue weighted by Crippen LogP contribution is -2.49. The first-order valence-electron chi connectivity index (χ1n) is 11.1. The predicted molar refractivity (Wildman–Crippen MR) is 133 cm³/mol. The third kappa shape index (κ3) is 7.99. The van der Waals surface area contributed by atoms with Gasteiger partial charge in [0.1, 0.15) is 29.9 Å². The fraction of sp³-hybridized carbons (Fsp3) is 0.208. The number of nitrogens with one attached hydrogen (secondary N) is 4. The lowest BCUT2D eigenvalue weighted by Gasteiger charge is -2.17. The van der Waals surface area contributed by atoms with Crippen molar-refractivity contribution >= 4 is 29.5 Å². The average Bonchev–Trinajstić information content (AvgIpc) is 2.89. The number of urea groups is 1. The largest absolute Gasteiger partial charge is 0.507 e. The van der Waals surface area contributed by atoms with E-state index < -0.39 is 30.5 Å². The highest BCUT2D eigenvalue weighted by atomic mass is 16.5. The Morgan fingerprint density at radius 2 is 1.81 bits per heavy atom. The molecule has 3 aromatic rings. The molecule has 0 saturated carbocycles. The van der Waals surface area contributed by atoms with E-state index in [1.54, 1.807) is 42.7 Å². The molecule has 3 rings (SSSR count). The summed E-state index contributed by atoms with van der Waals surface area (Å²) in [5, 5.41) is 29.8. The van der Waals surface area contributed by atoms with Gasteiger partial charge in [0.2, 0.25) is 5.95 Å². The highest BCUT2D eigenvalue weighted by Gasteiger charge is 2.22. The molecule has 194 valence electrons. The van der Waals surface area contributed by atoms with Gasteiger partial charge in [-0.2, -0.15) is 0 Å². The summed E-state index contributed by atoms with van der Waals surface area (Å²) in [6.45, 7) is 0.214. The maximum atomic E-state index is 12.5. The van der Waals surface area contributed by atoms with Crippen molar-refractivity contribution in [3.8, 4) is 17.2 Å². The lowest BCUT2D eigenvalue weighted by molar-refractivity contribution is -0.138. The highest BCUT2D eigenvalue weighted by molar-refractivity contribution is 5.98. The number of ether oxygens (including phenoxy) is 2. The minimum atomic E-state index is -1.44. The van der Waals surface area contributed by atoms with Gasteiger partial charge in [-0.25, -0.2) is 19.6 Å². The number of rotatable bonds is 12. The minimum absolute atomic E-state index is 0.0919. The number of anilines is 2. The predicted octanol–water partition coefficient (Wildman–Crippen LogP) is 1.69. The summed E-state index contributed by atoms with van der Waals surface area (Å²) < 4.78 is 10.7. The normalized spacial score (nSPS) is 11.1. The van der Waals surface area contributed by atoms with Crippen molar-refractivity contribution < 1.29 is 34.1 Å². The molecule has 1 atom stereocenters. The van der Waals surface area contributed by atoms with Gasteiger partial charge >= 0.3 is 12.0 Å². The maximum absolute atomic E-state index is 12.5. The van der Waals surface area contributed by atoms with E-state index in [2.05, 4.69) is 31.2 Å². The van der Waals surface area contributed by atoms with Crippen LogP contribution in [-0.4, -0.2) is 70.9 Å². The van der Waals surface area contributed by atoms with Crippen LogP contribution in [0, 0.1) is 0 Å². The number of aliphatic carboxylic acids is 1. The van der Waals surface area contributed by atoms with Crippen molar-refractivity contribution in [1.29, 1.82) is 0 Å². The number of aromatic hydroxyl groups is 1. The van der Waals surface area contributed by atoms with Crippen LogP contribution in [-0.2, 0) is 4.79 Å². The standard InChI is InChI=1S/C24H26N6O7/c1-36-20-6-3-2-5-17(20)29-24(35)30-18(22(33)34)14-28-21(32)16-8-7-15(13-19(16)31)37-12-11-27-23-25-9-4-10-26-23/h2-10,13,18,31H,11-12,14H2,1H3,(H,28,32)(H,33,34)(H,25,26,27)(H2,29,30,35)/t18-/m0/s1. The maximum Gasteiger partial charge on any atom is 0.328 e. The van der Waals surface area contributed by atoms with Crippen LogP contribution in [0.2, 0.25) is 0 Å². The second-order valence-corrected chi connectivity index (χ2v) is 7.43. The van der Waals surface area contributed by atoms with Gasteiger partial charge in [0.15, 0.2) is 0 Å². The summed E-state index contributed by atoms with van der Waals surface area (Å²) in [7, 11) is 1.43. The van der Waals surface area contributed by atoms with Crippen molar-refractivity contribution in [1.82, 2.24) is 20.6 Å². The Balaban J connectivity index is 1.49. The van der Waals surface area contributed by atoms with Gasteiger partial charge in [-0.15, -0.1) is 0 Å². The SMILES string of the molecule is COc1ccccc1NC(=O)N[C@@H](CNC(=O)c1ccc(OCCNc2ncccn2)cc1O)C(=O)O. The van der Waals surface area contributed by atoms with Gasteiger partial charge in [-0.1, -0.05) is 12.1 Å². The van der Waals surface area contributed by atoms with E-state index in [4.69, 9.17) is 9.47 Å². The van der Waals surface area contributed by atoms with Crippen molar-refractivity contribution in [2.75, 3.05) is 37.4 Å². The Labute approximate surface area is 211 Å². The summed E-state index contributed by atoms with van der Waals surface area (Å²) in [6, 6.07) is 10.1. The summed E-state index contributed by atoms with van der Waals surface area (Å²) in [6.07, 6.45) is 3.20. The zero-order valence-electron chi connectivity index (χ0n) is 19.8. The molecule has 0 spiro atoms. The zero-order valence-corrected chi connectivity index (χ0v) is 19.8. The Bertz CT molecular complexity index is 1230. The van der Waals surface area contributed by atoms with Gasteiger partial charge < -0.3 is 41.0 Å². The van der Waals surface area contributed by atoms with E-state index in [9.17, 15) is 24.6 Å². The second kappa shape index (κ2) is 13.1. The molecule has 0 radical (unpaired) electrons. The number of methoxy groups -OCH3 is 1. The monoisotopic (exact) mass is 510 g/mol. The topological polar surface area (TPSA) is 184 Å². The van der Waals surface area contributed by atoms with Crippen LogP contribution >= 0.6 is 0 Å². The van der Waals surface area contributed by atoms with Gasteiger partial charge in [0, 0.05) is 25.0 Å². The average molecular weight is 511 g/mol. The number of nitrogens with zero attached hydrogens (tertiary/aromatic N) is 2. The summed E-state index contributed by atoms with van der Waals surface area (Å²) in [4.78, 5) is 44.4. The van der Waals surface area contributed by atoms with E-state index >= 15 is 0 Å². The number of benzene rings is 2. The molecule has 0 fully saturated rings. The Kier molecular flexibility index (Phi) is 9.42. The van der Waals surface area contributed by atoms with Crippen LogP contribution < -0.4 is 30.7 Å². The van der Waals surface area contributed by atoms with E-state index in [0.717, 1.165) is 0 Å². The number of para-hydroxylation sites is 2. The highest BCUT2D eigenvalue weighted by Crippen LogP contribution is 2.24. The Morgan fingerprint density at radius 1 is 1.05 bits per heavy atom. The van der Waals surface area contributed by atoms with Crippen LogP contribution in [0.4, 0.5) is 16.4 Å².